The van der Waals surface area contributed by atoms with Gasteiger partial charge in [0.2, 0.25) is 0 Å². The van der Waals surface area contributed by atoms with Crippen molar-refractivity contribution >= 4 is 22.7 Å². The van der Waals surface area contributed by atoms with E-state index in [1.165, 1.54) is 5.56 Å². The van der Waals surface area contributed by atoms with Gasteiger partial charge in [-0.05, 0) is 10.8 Å². The predicted molar refractivity (Wildman–Crippen MR) is 71.9 cm³/mol. The van der Waals surface area contributed by atoms with Gasteiger partial charge in [0.05, 0.1) is 0 Å². The first-order valence-electron chi connectivity index (χ1n) is 4.89. The highest BCUT2D eigenvalue weighted by Crippen LogP contribution is 2.20. The number of aromatic nitrogens is 1. The zero-order chi connectivity index (χ0) is 11.1. The number of thiazole rings is 1. The van der Waals surface area contributed by atoms with Gasteiger partial charge in [-0.25, -0.2) is 4.98 Å². The number of benzene rings is 1. The topological polar surface area (TPSA) is 12.9 Å². The van der Waals surface area contributed by atoms with Crippen molar-refractivity contribution in [2.45, 2.75) is 0 Å². The van der Waals surface area contributed by atoms with E-state index in [0.29, 0.717) is 0 Å². The molecule has 0 aliphatic heterocycles. The monoisotopic (exact) mass is 245 g/mol. The number of rotatable bonds is 1. The van der Waals surface area contributed by atoms with Gasteiger partial charge in [-0.2, -0.15) is 11.3 Å². The molecule has 0 radical (unpaired) electrons. The molecule has 1 aromatic carbocycles. The third-order valence-corrected chi connectivity index (χ3v) is 3.33. The number of nitrogens with zero attached hydrogens (tertiary/aromatic N) is 1. The quantitative estimate of drug-likeness (QED) is 0.612. The fourth-order valence-corrected chi connectivity index (χ4v) is 2.27. The number of thiophene rings is 1. The summed E-state index contributed by atoms with van der Waals surface area (Å²) in [4.78, 5) is 4.20. The molecule has 3 aromatic rings. The summed E-state index contributed by atoms with van der Waals surface area (Å²) in [7, 11) is 0. The summed E-state index contributed by atoms with van der Waals surface area (Å²) in [5, 5.41) is 7.16. The molecule has 0 bridgehead atoms. The zero-order valence-electron chi connectivity index (χ0n) is 8.61. The SMILES string of the molecule is c1ccc(-c2nccs2)cc1.c1ccsc1. The van der Waals surface area contributed by atoms with Crippen molar-refractivity contribution in [2.24, 2.45) is 0 Å². The minimum Gasteiger partial charge on any atom is -0.245 e. The van der Waals surface area contributed by atoms with Gasteiger partial charge in [-0.1, -0.05) is 42.5 Å². The molecule has 0 amide bonds. The first-order chi connectivity index (χ1) is 7.97. The van der Waals surface area contributed by atoms with Gasteiger partial charge in [0.1, 0.15) is 5.01 Å². The highest BCUT2D eigenvalue weighted by Gasteiger charge is 1.95. The molecule has 0 atom stereocenters. The van der Waals surface area contributed by atoms with Crippen molar-refractivity contribution in [3.8, 4) is 10.6 Å². The van der Waals surface area contributed by atoms with E-state index in [1.807, 2.05) is 52.7 Å². The number of hydrogen-bond acceptors (Lipinski definition) is 3. The Morgan fingerprint density at radius 3 is 2.06 bits per heavy atom. The average molecular weight is 245 g/mol. The Balaban J connectivity index is 0.000000162. The van der Waals surface area contributed by atoms with Gasteiger partial charge < -0.3 is 0 Å². The van der Waals surface area contributed by atoms with Crippen LogP contribution in [0, 0.1) is 0 Å². The van der Waals surface area contributed by atoms with Crippen LogP contribution in [0.1, 0.15) is 0 Å². The summed E-state index contributed by atoms with van der Waals surface area (Å²) >= 11 is 3.38. The smallest absolute Gasteiger partial charge is 0.123 e. The third kappa shape index (κ3) is 3.29. The second-order valence-corrected chi connectivity index (χ2v) is 4.71. The molecule has 0 fully saturated rings. The standard InChI is InChI=1S/C9H7NS.C4H4S/c1-2-4-8(5-3-1)9-10-6-7-11-9;1-2-4-5-3-1/h1-7H;1-4H. The van der Waals surface area contributed by atoms with E-state index >= 15 is 0 Å². The van der Waals surface area contributed by atoms with Crippen molar-refractivity contribution in [1.82, 2.24) is 4.98 Å². The van der Waals surface area contributed by atoms with Crippen LogP contribution < -0.4 is 0 Å². The van der Waals surface area contributed by atoms with E-state index in [-0.39, 0.29) is 0 Å². The molecule has 16 heavy (non-hydrogen) atoms. The second-order valence-electron chi connectivity index (χ2n) is 3.00. The Morgan fingerprint density at radius 1 is 0.812 bits per heavy atom. The van der Waals surface area contributed by atoms with Crippen LogP contribution in [-0.4, -0.2) is 4.98 Å². The van der Waals surface area contributed by atoms with Crippen molar-refractivity contribution in [1.29, 1.82) is 0 Å². The van der Waals surface area contributed by atoms with Gasteiger partial charge in [0.15, 0.2) is 0 Å². The fraction of sp³-hybridized carbons (Fsp3) is 0. The Morgan fingerprint density at radius 2 is 1.56 bits per heavy atom. The molecule has 3 rings (SSSR count). The molecule has 0 spiro atoms. The van der Waals surface area contributed by atoms with Crippen molar-refractivity contribution in [3.63, 3.8) is 0 Å². The van der Waals surface area contributed by atoms with Gasteiger partial charge in [-0.3, -0.25) is 0 Å². The largest absolute Gasteiger partial charge is 0.245 e. The van der Waals surface area contributed by atoms with Crippen LogP contribution >= 0.6 is 22.7 Å². The Labute approximate surface area is 103 Å². The molecule has 2 heterocycles. The fourth-order valence-electron chi connectivity index (χ4n) is 1.17. The molecule has 0 unspecified atom stereocenters. The lowest BCUT2D eigenvalue weighted by atomic mass is 10.2. The summed E-state index contributed by atoms with van der Waals surface area (Å²) in [5.41, 5.74) is 1.20. The van der Waals surface area contributed by atoms with E-state index in [0.717, 1.165) is 5.01 Å². The molecule has 0 aliphatic carbocycles. The van der Waals surface area contributed by atoms with Gasteiger partial charge in [0, 0.05) is 17.1 Å². The molecular weight excluding hydrogens is 234 g/mol. The lowest BCUT2D eigenvalue weighted by Crippen LogP contribution is -1.71. The average Bonchev–Trinajstić information content (AvgIpc) is 3.07. The third-order valence-electron chi connectivity index (χ3n) is 1.88. The van der Waals surface area contributed by atoms with Crippen LogP contribution in [0.3, 0.4) is 0 Å². The highest BCUT2D eigenvalue weighted by atomic mass is 32.1. The van der Waals surface area contributed by atoms with E-state index < -0.39 is 0 Å². The van der Waals surface area contributed by atoms with Crippen LogP contribution in [0.4, 0.5) is 0 Å². The number of hydrogen-bond donors (Lipinski definition) is 0. The maximum Gasteiger partial charge on any atom is 0.123 e. The van der Waals surface area contributed by atoms with Crippen LogP contribution in [0.5, 0.6) is 0 Å². The predicted octanol–water partition coefficient (Wildman–Crippen LogP) is 4.56. The summed E-state index contributed by atoms with van der Waals surface area (Å²) in [6.07, 6.45) is 1.83. The second kappa shape index (κ2) is 6.20. The van der Waals surface area contributed by atoms with Crippen molar-refractivity contribution in [3.05, 3.63) is 64.8 Å². The van der Waals surface area contributed by atoms with Crippen LogP contribution in [0.25, 0.3) is 10.6 Å². The van der Waals surface area contributed by atoms with Crippen LogP contribution in [-0.2, 0) is 0 Å². The van der Waals surface area contributed by atoms with E-state index in [4.69, 9.17) is 0 Å². The summed E-state index contributed by atoms with van der Waals surface area (Å²) in [5.74, 6) is 0. The molecule has 0 N–H and O–H groups in total. The summed E-state index contributed by atoms with van der Waals surface area (Å²) in [6, 6.07) is 14.2. The van der Waals surface area contributed by atoms with Gasteiger partial charge in [0.25, 0.3) is 0 Å². The van der Waals surface area contributed by atoms with Crippen molar-refractivity contribution in [2.75, 3.05) is 0 Å². The molecule has 2 aromatic heterocycles. The molecular formula is C13H11NS2. The molecule has 0 saturated carbocycles. The summed E-state index contributed by atoms with van der Waals surface area (Å²) < 4.78 is 0. The molecule has 1 nitrogen and oxygen atoms in total. The highest BCUT2D eigenvalue weighted by molar-refractivity contribution is 7.13. The van der Waals surface area contributed by atoms with Crippen LogP contribution in [0.15, 0.2) is 64.8 Å². The van der Waals surface area contributed by atoms with Gasteiger partial charge in [-0.15, -0.1) is 11.3 Å². The maximum atomic E-state index is 4.20. The molecule has 80 valence electrons. The Bertz CT molecular complexity index is 455. The zero-order valence-corrected chi connectivity index (χ0v) is 10.2. The van der Waals surface area contributed by atoms with Gasteiger partial charge >= 0.3 is 0 Å². The van der Waals surface area contributed by atoms with E-state index in [2.05, 4.69) is 17.1 Å². The van der Waals surface area contributed by atoms with Crippen molar-refractivity contribution < 1.29 is 0 Å². The maximum absolute atomic E-state index is 4.20. The first kappa shape index (κ1) is 11.0. The normalized spacial score (nSPS) is 9.25. The minimum atomic E-state index is 1.09. The minimum absolute atomic E-state index is 1.09. The van der Waals surface area contributed by atoms with Crippen LogP contribution in [0.2, 0.25) is 0 Å². The first-order valence-corrected chi connectivity index (χ1v) is 6.71. The molecule has 3 heteroatoms. The lowest BCUT2D eigenvalue weighted by Gasteiger charge is -1.91. The lowest BCUT2D eigenvalue weighted by molar-refractivity contribution is 1.41. The molecule has 0 saturated heterocycles. The van der Waals surface area contributed by atoms with E-state index in [9.17, 15) is 0 Å². The Hall–Kier alpha value is -1.45. The molecule has 0 aliphatic rings. The van der Waals surface area contributed by atoms with E-state index in [1.54, 1.807) is 22.7 Å². The Kier molecular flexibility index (Phi) is 4.28. The summed E-state index contributed by atoms with van der Waals surface area (Å²) in [6.45, 7) is 0.